The molecule has 0 radical (unpaired) electrons. The Morgan fingerprint density at radius 1 is 1.25 bits per heavy atom. The summed E-state index contributed by atoms with van der Waals surface area (Å²) in [6.45, 7) is 0.433. The van der Waals surface area contributed by atoms with Crippen molar-refractivity contribution in [3.63, 3.8) is 0 Å². The molecule has 2 aliphatic rings. The molecule has 128 valence electrons. The molecule has 8 heteroatoms. The van der Waals surface area contributed by atoms with E-state index >= 15 is 0 Å². The van der Waals surface area contributed by atoms with E-state index in [4.69, 9.17) is 16.3 Å². The number of nitrogens with one attached hydrogen (secondary N) is 1. The van der Waals surface area contributed by atoms with Gasteiger partial charge in [-0.3, -0.25) is 15.0 Å². The summed E-state index contributed by atoms with van der Waals surface area (Å²) >= 11 is 0. The second-order valence-electron chi connectivity index (χ2n) is 6.11. The third-order valence-electron chi connectivity index (χ3n) is 4.67. The number of nitrogens with zero attached hydrogens (tertiary/aromatic N) is 1. The fourth-order valence-corrected chi connectivity index (χ4v) is 3.54. The largest absolute Gasteiger partial charge is 0.444 e. The number of carbonyl (C=O) groups excluding carboxylic acids is 3. The summed E-state index contributed by atoms with van der Waals surface area (Å²) in [6, 6.07) is 4.74. The van der Waals surface area contributed by atoms with Gasteiger partial charge >= 0.3 is 6.09 Å². The first kappa shape index (κ1) is 16.3. The number of benzene rings is 1. The van der Waals surface area contributed by atoms with Gasteiger partial charge in [0.2, 0.25) is 0 Å². The predicted octanol–water partition coefficient (Wildman–Crippen LogP) is 0.652. The number of nitrogen functional groups attached to an aromatic ring is 1. The molecule has 2 atom stereocenters. The van der Waals surface area contributed by atoms with Crippen molar-refractivity contribution in [2.75, 3.05) is 0 Å². The molecule has 1 aromatic carbocycles. The number of hydrazine groups is 1. The molecule has 0 bridgehead atoms. The maximum absolute atomic E-state index is 12.8. The van der Waals surface area contributed by atoms with Crippen LogP contribution in [0.2, 0.25) is 0 Å². The van der Waals surface area contributed by atoms with Gasteiger partial charge in [0, 0.05) is 17.7 Å². The van der Waals surface area contributed by atoms with Crippen LogP contribution in [0.4, 0.5) is 4.79 Å². The average Bonchev–Trinajstić information content (AvgIpc) is 2.90. The summed E-state index contributed by atoms with van der Waals surface area (Å²) in [5, 5.41) is 0. The molecule has 0 unspecified atom stereocenters. The normalized spacial score (nSPS) is 22.9. The monoisotopic (exact) mass is 332 g/mol. The standard InChI is InChI=1S/C16H20N4O4/c17-16(23)24-13-4-2-1-3-12(13)20-8-10-6-5-9(14(21)19-18)7-11(10)15(20)22/h5-7,12-13H,1-4,8,18H2,(H2,17,23)(H,19,21)/t12-,13-/m1/s1. The van der Waals surface area contributed by atoms with Crippen molar-refractivity contribution in [2.24, 2.45) is 11.6 Å². The van der Waals surface area contributed by atoms with E-state index in [0.29, 0.717) is 24.1 Å². The van der Waals surface area contributed by atoms with Crippen molar-refractivity contribution in [1.82, 2.24) is 10.3 Å². The summed E-state index contributed by atoms with van der Waals surface area (Å²) in [6.07, 6.45) is 2.14. The van der Waals surface area contributed by atoms with Gasteiger partial charge in [-0.15, -0.1) is 0 Å². The number of hydrogen-bond donors (Lipinski definition) is 3. The molecule has 0 aromatic heterocycles. The summed E-state index contributed by atoms with van der Waals surface area (Å²) in [5.41, 5.74) is 8.87. The molecular formula is C16H20N4O4. The first-order chi connectivity index (χ1) is 11.5. The molecule has 1 aliphatic heterocycles. The molecule has 0 spiro atoms. The molecular weight excluding hydrogens is 312 g/mol. The highest BCUT2D eigenvalue weighted by atomic mass is 16.6. The zero-order valence-corrected chi connectivity index (χ0v) is 13.2. The van der Waals surface area contributed by atoms with Gasteiger partial charge < -0.3 is 15.4 Å². The smallest absolute Gasteiger partial charge is 0.404 e. The third-order valence-corrected chi connectivity index (χ3v) is 4.67. The van der Waals surface area contributed by atoms with E-state index in [-0.39, 0.29) is 18.1 Å². The molecule has 1 aliphatic carbocycles. The van der Waals surface area contributed by atoms with E-state index in [9.17, 15) is 14.4 Å². The SMILES string of the molecule is NNC(=O)c1ccc2c(c1)C(=O)N([C@@H]1CCCC[C@H]1OC(N)=O)C2. The van der Waals surface area contributed by atoms with Crippen LogP contribution in [0.15, 0.2) is 18.2 Å². The first-order valence-corrected chi connectivity index (χ1v) is 7.92. The van der Waals surface area contributed by atoms with Gasteiger partial charge in [-0.25, -0.2) is 10.6 Å². The molecule has 5 N–H and O–H groups in total. The second-order valence-corrected chi connectivity index (χ2v) is 6.11. The quantitative estimate of drug-likeness (QED) is 0.425. The van der Waals surface area contributed by atoms with E-state index in [1.54, 1.807) is 23.1 Å². The lowest BCUT2D eigenvalue weighted by Crippen LogP contribution is -2.48. The molecule has 0 saturated heterocycles. The lowest BCUT2D eigenvalue weighted by molar-refractivity contribution is 0.00883. The highest BCUT2D eigenvalue weighted by Gasteiger charge is 2.39. The lowest BCUT2D eigenvalue weighted by atomic mass is 9.91. The Hall–Kier alpha value is -2.61. The second kappa shape index (κ2) is 6.48. The number of hydrogen-bond acceptors (Lipinski definition) is 5. The van der Waals surface area contributed by atoms with Gasteiger partial charge in [0.1, 0.15) is 6.10 Å². The van der Waals surface area contributed by atoms with Crippen LogP contribution in [0.5, 0.6) is 0 Å². The van der Waals surface area contributed by atoms with Crippen molar-refractivity contribution in [1.29, 1.82) is 0 Å². The Labute approximate surface area is 139 Å². The van der Waals surface area contributed by atoms with Crippen LogP contribution in [0.1, 0.15) is 52.0 Å². The van der Waals surface area contributed by atoms with Crippen LogP contribution >= 0.6 is 0 Å². The van der Waals surface area contributed by atoms with Gasteiger partial charge in [0.05, 0.1) is 6.04 Å². The highest BCUT2D eigenvalue weighted by molar-refractivity contribution is 6.02. The maximum atomic E-state index is 12.8. The van der Waals surface area contributed by atoms with Gasteiger partial charge in [-0.2, -0.15) is 0 Å². The Bertz CT molecular complexity index is 691. The van der Waals surface area contributed by atoms with Crippen molar-refractivity contribution in [2.45, 2.75) is 44.4 Å². The first-order valence-electron chi connectivity index (χ1n) is 7.92. The van der Waals surface area contributed by atoms with Gasteiger partial charge in [-0.1, -0.05) is 12.5 Å². The number of fused-ring (bicyclic) bond motifs is 1. The lowest BCUT2D eigenvalue weighted by Gasteiger charge is -2.36. The van der Waals surface area contributed by atoms with E-state index in [2.05, 4.69) is 5.43 Å². The van der Waals surface area contributed by atoms with Gasteiger partial charge in [0.25, 0.3) is 11.8 Å². The Morgan fingerprint density at radius 3 is 2.71 bits per heavy atom. The topological polar surface area (TPSA) is 128 Å². The fraction of sp³-hybridized carbons (Fsp3) is 0.438. The van der Waals surface area contributed by atoms with Crippen LogP contribution in [-0.4, -0.2) is 35.0 Å². The fourth-order valence-electron chi connectivity index (χ4n) is 3.54. The van der Waals surface area contributed by atoms with E-state index in [0.717, 1.165) is 24.8 Å². The number of nitrogens with two attached hydrogens (primary N) is 2. The number of rotatable bonds is 3. The minimum atomic E-state index is -0.821. The van der Waals surface area contributed by atoms with E-state index in [1.165, 1.54) is 0 Å². The summed E-state index contributed by atoms with van der Waals surface area (Å²) in [4.78, 5) is 37.3. The van der Waals surface area contributed by atoms with Crippen molar-refractivity contribution < 1.29 is 19.1 Å². The minimum Gasteiger partial charge on any atom is -0.444 e. The van der Waals surface area contributed by atoms with E-state index < -0.39 is 12.0 Å². The van der Waals surface area contributed by atoms with Gasteiger partial charge in [-0.05, 0) is 37.0 Å². The summed E-state index contributed by atoms with van der Waals surface area (Å²) in [7, 11) is 0. The van der Waals surface area contributed by atoms with Crippen molar-refractivity contribution in [3.05, 3.63) is 34.9 Å². The van der Waals surface area contributed by atoms with Gasteiger partial charge in [0.15, 0.2) is 0 Å². The number of amides is 3. The van der Waals surface area contributed by atoms with Crippen LogP contribution < -0.4 is 17.0 Å². The molecule has 1 aromatic rings. The molecule has 1 saturated carbocycles. The number of primary amides is 1. The Morgan fingerprint density at radius 2 is 2.00 bits per heavy atom. The molecule has 24 heavy (non-hydrogen) atoms. The van der Waals surface area contributed by atoms with Crippen LogP contribution in [0.3, 0.4) is 0 Å². The molecule has 1 heterocycles. The third kappa shape index (κ3) is 2.92. The van der Waals surface area contributed by atoms with Crippen LogP contribution in [-0.2, 0) is 11.3 Å². The zero-order valence-electron chi connectivity index (χ0n) is 13.2. The molecule has 3 rings (SSSR count). The number of ether oxygens (including phenoxy) is 1. The van der Waals surface area contributed by atoms with Crippen molar-refractivity contribution in [3.8, 4) is 0 Å². The average molecular weight is 332 g/mol. The van der Waals surface area contributed by atoms with Crippen LogP contribution in [0.25, 0.3) is 0 Å². The maximum Gasteiger partial charge on any atom is 0.404 e. The summed E-state index contributed by atoms with van der Waals surface area (Å²) in [5.74, 6) is 4.52. The minimum absolute atomic E-state index is 0.165. The zero-order chi connectivity index (χ0) is 17.3. The molecule has 1 fully saturated rings. The van der Waals surface area contributed by atoms with Crippen LogP contribution in [0, 0.1) is 0 Å². The highest BCUT2D eigenvalue weighted by Crippen LogP contribution is 2.32. The molecule has 8 nitrogen and oxygen atoms in total. The summed E-state index contributed by atoms with van der Waals surface area (Å²) < 4.78 is 5.21. The Balaban J connectivity index is 1.84. The predicted molar refractivity (Wildman–Crippen MR) is 84.7 cm³/mol. The number of carbonyl (C=O) groups is 3. The molecule has 3 amide bonds. The van der Waals surface area contributed by atoms with Crippen molar-refractivity contribution >= 4 is 17.9 Å². The van der Waals surface area contributed by atoms with E-state index in [1.807, 2.05) is 0 Å². The Kier molecular flexibility index (Phi) is 4.39.